The van der Waals surface area contributed by atoms with E-state index in [1.807, 2.05) is 30.3 Å². The molecule has 1 aromatic rings. The van der Waals surface area contributed by atoms with E-state index in [2.05, 4.69) is 5.32 Å². The first-order valence-corrected chi connectivity index (χ1v) is 7.88. The van der Waals surface area contributed by atoms with Gasteiger partial charge in [-0.05, 0) is 5.56 Å². The highest BCUT2D eigenvalue weighted by atomic mass is 28.4. The van der Waals surface area contributed by atoms with Gasteiger partial charge in [-0.3, -0.25) is 0 Å². The Bertz CT molecular complexity index is 320. The second-order valence-electron chi connectivity index (χ2n) is 3.83. The van der Waals surface area contributed by atoms with Crippen molar-refractivity contribution in [2.24, 2.45) is 5.73 Å². The van der Waals surface area contributed by atoms with Gasteiger partial charge >= 0.3 is 8.80 Å². The van der Waals surface area contributed by atoms with Crippen LogP contribution in [0.4, 0.5) is 0 Å². The zero-order valence-electron chi connectivity index (χ0n) is 11.0. The largest absolute Gasteiger partial charge is 0.515 e. The summed E-state index contributed by atoms with van der Waals surface area (Å²) in [6.07, 6.45) is 0.560. The van der Waals surface area contributed by atoms with E-state index in [4.69, 9.17) is 19.0 Å². The summed E-state index contributed by atoms with van der Waals surface area (Å²) in [5.41, 5.74) is 6.54. The van der Waals surface area contributed by atoms with E-state index < -0.39 is 8.80 Å². The van der Waals surface area contributed by atoms with Crippen LogP contribution < -0.4 is 11.1 Å². The smallest absolute Gasteiger partial charge is 0.376 e. The molecule has 0 spiro atoms. The van der Waals surface area contributed by atoms with Gasteiger partial charge in [0.15, 0.2) is 0 Å². The van der Waals surface area contributed by atoms with Gasteiger partial charge in [0.1, 0.15) is 0 Å². The van der Waals surface area contributed by atoms with Crippen molar-refractivity contribution in [1.29, 1.82) is 0 Å². The third kappa shape index (κ3) is 4.85. The summed E-state index contributed by atoms with van der Waals surface area (Å²) in [5.74, 6) is 0. The molecule has 0 aromatic heterocycles. The third-order valence-corrected chi connectivity index (χ3v) is 5.10. The Morgan fingerprint density at radius 1 is 1.17 bits per heavy atom. The first-order chi connectivity index (χ1) is 8.76. The molecule has 0 unspecified atom stereocenters. The summed E-state index contributed by atoms with van der Waals surface area (Å²) in [6, 6.07) is 9.96. The second kappa shape index (κ2) is 8.36. The Balaban J connectivity index is 2.50. The quantitative estimate of drug-likeness (QED) is 0.506. The highest BCUT2D eigenvalue weighted by Crippen LogP contribution is 2.10. The van der Waals surface area contributed by atoms with Crippen molar-refractivity contribution >= 4 is 8.80 Å². The van der Waals surface area contributed by atoms with E-state index >= 15 is 0 Å². The zero-order valence-corrected chi connectivity index (χ0v) is 12.0. The fourth-order valence-electron chi connectivity index (χ4n) is 1.51. The second-order valence-corrected chi connectivity index (χ2v) is 6.66. The van der Waals surface area contributed by atoms with Crippen LogP contribution in [0, 0.1) is 0 Å². The standard InChI is InChI=1S/C12H22N2O3Si/c1-15-18(16-2,11-14-9-8-13)17-10-12-6-4-3-5-7-12/h3-7,14H,8-11,13H2,1-2H3. The van der Waals surface area contributed by atoms with E-state index in [9.17, 15) is 0 Å². The van der Waals surface area contributed by atoms with Crippen molar-refractivity contribution in [3.63, 3.8) is 0 Å². The number of nitrogens with two attached hydrogens (primary N) is 1. The van der Waals surface area contributed by atoms with E-state index in [-0.39, 0.29) is 0 Å². The Labute approximate surface area is 110 Å². The van der Waals surface area contributed by atoms with Crippen LogP contribution in [0.1, 0.15) is 5.56 Å². The molecule has 5 nitrogen and oxygen atoms in total. The lowest BCUT2D eigenvalue weighted by Gasteiger charge is -2.26. The summed E-state index contributed by atoms with van der Waals surface area (Å²) < 4.78 is 16.7. The molecule has 6 heteroatoms. The van der Waals surface area contributed by atoms with Crippen LogP contribution in [-0.4, -0.2) is 42.3 Å². The van der Waals surface area contributed by atoms with Crippen molar-refractivity contribution in [1.82, 2.24) is 5.32 Å². The molecule has 0 aliphatic rings. The molecule has 102 valence electrons. The highest BCUT2D eigenvalue weighted by molar-refractivity contribution is 6.60. The minimum absolute atomic E-state index is 0.485. The first-order valence-electron chi connectivity index (χ1n) is 5.95. The minimum Gasteiger partial charge on any atom is -0.376 e. The van der Waals surface area contributed by atoms with Crippen LogP contribution in [0.2, 0.25) is 0 Å². The number of rotatable bonds is 9. The lowest BCUT2D eigenvalue weighted by molar-refractivity contribution is 0.0901. The van der Waals surface area contributed by atoms with Gasteiger partial charge in [0.05, 0.1) is 12.8 Å². The number of nitrogens with one attached hydrogen (secondary N) is 1. The maximum Gasteiger partial charge on any atom is 0.515 e. The Hall–Kier alpha value is -0.763. The van der Waals surface area contributed by atoms with Crippen molar-refractivity contribution in [3.05, 3.63) is 35.9 Å². The molecule has 0 heterocycles. The van der Waals surface area contributed by atoms with E-state index in [0.717, 1.165) is 12.1 Å². The molecule has 0 aliphatic carbocycles. The molecule has 0 radical (unpaired) electrons. The Kier molecular flexibility index (Phi) is 7.10. The molecule has 0 amide bonds. The molecule has 18 heavy (non-hydrogen) atoms. The Morgan fingerprint density at radius 3 is 2.39 bits per heavy atom. The SMILES string of the molecule is CO[Si](CNCCN)(OC)OCc1ccccc1. The zero-order chi connectivity index (χ0) is 13.3. The lowest BCUT2D eigenvalue weighted by Crippen LogP contribution is -2.53. The van der Waals surface area contributed by atoms with Crippen molar-refractivity contribution in [2.75, 3.05) is 33.5 Å². The molecule has 0 saturated heterocycles. The normalized spacial score (nSPS) is 11.7. The molecule has 3 N–H and O–H groups in total. The number of hydrogen-bond donors (Lipinski definition) is 2. The van der Waals surface area contributed by atoms with Gasteiger partial charge in [-0.2, -0.15) is 0 Å². The maximum atomic E-state index is 5.85. The maximum absolute atomic E-state index is 5.85. The van der Waals surface area contributed by atoms with Crippen molar-refractivity contribution < 1.29 is 13.3 Å². The monoisotopic (exact) mass is 270 g/mol. The summed E-state index contributed by atoms with van der Waals surface area (Å²) in [4.78, 5) is 0. The van der Waals surface area contributed by atoms with E-state index in [0.29, 0.717) is 19.3 Å². The predicted molar refractivity (Wildman–Crippen MR) is 72.9 cm³/mol. The highest BCUT2D eigenvalue weighted by Gasteiger charge is 2.38. The molecule has 1 aromatic carbocycles. The van der Waals surface area contributed by atoms with Gasteiger partial charge in [0.2, 0.25) is 0 Å². The third-order valence-electron chi connectivity index (χ3n) is 2.59. The molecule has 0 atom stereocenters. The van der Waals surface area contributed by atoms with Gasteiger partial charge in [0.25, 0.3) is 0 Å². The van der Waals surface area contributed by atoms with Gasteiger partial charge in [-0.25, -0.2) is 0 Å². The molecular formula is C12H22N2O3Si. The first kappa shape index (κ1) is 15.3. The molecule has 0 bridgehead atoms. The average Bonchev–Trinajstić information content (AvgIpc) is 2.44. The fraction of sp³-hybridized carbons (Fsp3) is 0.500. The van der Waals surface area contributed by atoms with Gasteiger partial charge in [0, 0.05) is 27.3 Å². The summed E-state index contributed by atoms with van der Waals surface area (Å²) in [5, 5.41) is 3.18. The van der Waals surface area contributed by atoms with Crippen LogP contribution in [0.25, 0.3) is 0 Å². The lowest BCUT2D eigenvalue weighted by atomic mass is 10.2. The van der Waals surface area contributed by atoms with Crippen LogP contribution >= 0.6 is 0 Å². The molecular weight excluding hydrogens is 248 g/mol. The Morgan fingerprint density at radius 2 is 1.83 bits per heavy atom. The van der Waals surface area contributed by atoms with E-state index in [1.54, 1.807) is 14.2 Å². The van der Waals surface area contributed by atoms with Gasteiger partial charge in [-0.15, -0.1) is 0 Å². The van der Waals surface area contributed by atoms with Crippen molar-refractivity contribution in [3.8, 4) is 0 Å². The average molecular weight is 270 g/mol. The van der Waals surface area contributed by atoms with Crippen LogP contribution in [0.15, 0.2) is 30.3 Å². The van der Waals surface area contributed by atoms with E-state index in [1.165, 1.54) is 0 Å². The van der Waals surface area contributed by atoms with Crippen molar-refractivity contribution in [2.45, 2.75) is 6.61 Å². The number of hydrogen-bond acceptors (Lipinski definition) is 5. The summed E-state index contributed by atoms with van der Waals surface area (Å²) >= 11 is 0. The minimum atomic E-state index is -2.63. The summed E-state index contributed by atoms with van der Waals surface area (Å²) in [6.45, 7) is 1.78. The van der Waals surface area contributed by atoms with Gasteiger partial charge in [-0.1, -0.05) is 30.3 Å². The molecule has 1 rings (SSSR count). The van der Waals surface area contributed by atoms with Crippen LogP contribution in [0.5, 0.6) is 0 Å². The fourth-order valence-corrected chi connectivity index (χ4v) is 3.17. The summed E-state index contributed by atoms with van der Waals surface area (Å²) in [7, 11) is 0.602. The predicted octanol–water partition coefficient (Wildman–Crippen LogP) is 0.522. The topological polar surface area (TPSA) is 65.7 Å². The van der Waals surface area contributed by atoms with Crippen LogP contribution in [0.3, 0.4) is 0 Å². The molecule has 0 saturated carbocycles. The molecule has 0 aliphatic heterocycles. The van der Waals surface area contributed by atoms with Crippen LogP contribution in [-0.2, 0) is 19.9 Å². The molecule has 0 fully saturated rings. The van der Waals surface area contributed by atoms with Gasteiger partial charge < -0.3 is 24.3 Å². The number of benzene rings is 1.